The molecule has 0 spiro atoms. The van der Waals surface area contributed by atoms with Gasteiger partial charge in [0.25, 0.3) is 0 Å². The lowest BCUT2D eigenvalue weighted by Crippen LogP contribution is -2.56. The Morgan fingerprint density at radius 1 is 1.43 bits per heavy atom. The number of esters is 1. The summed E-state index contributed by atoms with van der Waals surface area (Å²) in [5.41, 5.74) is 0.0673. The smallest absolute Gasteiger partial charge is 0.339 e. The number of carbonyl (C=O) groups is 3. The van der Waals surface area contributed by atoms with Gasteiger partial charge in [0.15, 0.2) is 0 Å². The maximum absolute atomic E-state index is 13.3. The standard InChI is InChI=1S/C13H14FN3O4/c1-21-13(20)8-3-2-7(14)4-9(8)17-12(19)10-5-16-11(18)6-15-10/h2-4,10,15H,5-6H2,1H3,(H,16,18)(H,17,19). The van der Waals surface area contributed by atoms with Gasteiger partial charge in [-0.15, -0.1) is 0 Å². The van der Waals surface area contributed by atoms with Gasteiger partial charge in [0.1, 0.15) is 11.9 Å². The molecule has 1 aliphatic heterocycles. The Morgan fingerprint density at radius 3 is 2.81 bits per heavy atom. The van der Waals surface area contributed by atoms with Crippen molar-refractivity contribution in [2.45, 2.75) is 6.04 Å². The van der Waals surface area contributed by atoms with E-state index in [2.05, 4.69) is 20.7 Å². The molecule has 2 rings (SSSR count). The van der Waals surface area contributed by atoms with Crippen molar-refractivity contribution in [3.63, 3.8) is 0 Å². The number of halogens is 1. The molecule has 8 heteroatoms. The molecule has 0 aromatic heterocycles. The summed E-state index contributed by atoms with van der Waals surface area (Å²) in [4.78, 5) is 34.6. The van der Waals surface area contributed by atoms with Gasteiger partial charge < -0.3 is 15.4 Å². The van der Waals surface area contributed by atoms with E-state index in [9.17, 15) is 18.8 Å². The Morgan fingerprint density at radius 2 is 2.19 bits per heavy atom. The average molecular weight is 295 g/mol. The van der Waals surface area contributed by atoms with Crippen LogP contribution in [0, 0.1) is 5.82 Å². The SMILES string of the molecule is COC(=O)c1ccc(F)cc1NC(=O)C1CNC(=O)CN1. The second-order valence-electron chi connectivity index (χ2n) is 4.41. The number of hydrogen-bond donors (Lipinski definition) is 3. The molecule has 1 aromatic carbocycles. The minimum atomic E-state index is -0.685. The van der Waals surface area contributed by atoms with Gasteiger partial charge >= 0.3 is 5.97 Å². The first kappa shape index (κ1) is 14.9. The van der Waals surface area contributed by atoms with Crippen LogP contribution < -0.4 is 16.0 Å². The summed E-state index contributed by atoms with van der Waals surface area (Å²) in [7, 11) is 1.19. The summed E-state index contributed by atoms with van der Waals surface area (Å²) in [5.74, 6) is -1.97. The van der Waals surface area contributed by atoms with E-state index in [-0.39, 0.29) is 30.2 Å². The molecule has 2 amide bonds. The zero-order chi connectivity index (χ0) is 15.4. The fraction of sp³-hybridized carbons (Fsp3) is 0.308. The zero-order valence-corrected chi connectivity index (χ0v) is 11.2. The van der Waals surface area contributed by atoms with Crippen LogP contribution >= 0.6 is 0 Å². The molecular formula is C13H14FN3O4. The molecule has 1 saturated heterocycles. The summed E-state index contributed by atoms with van der Waals surface area (Å²) >= 11 is 0. The molecule has 1 unspecified atom stereocenters. The van der Waals surface area contributed by atoms with E-state index in [1.54, 1.807) is 0 Å². The predicted molar refractivity (Wildman–Crippen MR) is 71.2 cm³/mol. The monoisotopic (exact) mass is 295 g/mol. The number of hydrogen-bond acceptors (Lipinski definition) is 5. The number of rotatable bonds is 3. The molecule has 7 nitrogen and oxygen atoms in total. The minimum absolute atomic E-state index is 0.0189. The lowest BCUT2D eigenvalue weighted by molar-refractivity contribution is -0.124. The van der Waals surface area contributed by atoms with Gasteiger partial charge in [-0.25, -0.2) is 9.18 Å². The summed E-state index contributed by atoms with van der Waals surface area (Å²) in [6.07, 6.45) is 0. The second kappa shape index (κ2) is 6.31. The Hall–Kier alpha value is -2.48. The molecule has 1 aromatic rings. The Kier molecular flexibility index (Phi) is 4.49. The number of methoxy groups -OCH3 is 1. The van der Waals surface area contributed by atoms with Crippen LogP contribution in [0.25, 0.3) is 0 Å². The Balaban J connectivity index is 2.14. The zero-order valence-electron chi connectivity index (χ0n) is 11.2. The molecule has 0 aliphatic carbocycles. The highest BCUT2D eigenvalue weighted by molar-refractivity contribution is 6.03. The highest BCUT2D eigenvalue weighted by Crippen LogP contribution is 2.18. The van der Waals surface area contributed by atoms with Crippen molar-refractivity contribution in [1.29, 1.82) is 0 Å². The maximum Gasteiger partial charge on any atom is 0.339 e. The molecule has 3 N–H and O–H groups in total. The predicted octanol–water partition coefficient (Wildman–Crippen LogP) is -0.361. The minimum Gasteiger partial charge on any atom is -0.465 e. The van der Waals surface area contributed by atoms with Crippen molar-refractivity contribution in [2.75, 3.05) is 25.5 Å². The van der Waals surface area contributed by atoms with Crippen molar-refractivity contribution < 1.29 is 23.5 Å². The number of nitrogens with one attached hydrogen (secondary N) is 3. The van der Waals surface area contributed by atoms with Crippen LogP contribution in [0.4, 0.5) is 10.1 Å². The normalized spacial score (nSPS) is 17.8. The third kappa shape index (κ3) is 3.54. The lowest BCUT2D eigenvalue weighted by Gasteiger charge is -2.23. The van der Waals surface area contributed by atoms with Crippen LogP contribution in [0.5, 0.6) is 0 Å². The van der Waals surface area contributed by atoms with Crippen LogP contribution in [0.3, 0.4) is 0 Å². The van der Waals surface area contributed by atoms with Gasteiger partial charge in [0.2, 0.25) is 11.8 Å². The van der Waals surface area contributed by atoms with Crippen LogP contribution in [0.2, 0.25) is 0 Å². The third-order valence-corrected chi connectivity index (χ3v) is 2.97. The summed E-state index contributed by atoms with van der Waals surface area (Å²) in [6, 6.07) is 2.70. The molecule has 1 fully saturated rings. The van der Waals surface area contributed by atoms with Crippen LogP contribution in [-0.2, 0) is 14.3 Å². The Labute approximate surface area is 119 Å². The molecule has 1 heterocycles. The third-order valence-electron chi connectivity index (χ3n) is 2.97. The van der Waals surface area contributed by atoms with Crippen molar-refractivity contribution in [2.24, 2.45) is 0 Å². The quantitative estimate of drug-likeness (QED) is 0.662. The van der Waals surface area contributed by atoms with Crippen molar-refractivity contribution >= 4 is 23.5 Å². The van der Waals surface area contributed by atoms with Crippen molar-refractivity contribution in [1.82, 2.24) is 10.6 Å². The second-order valence-corrected chi connectivity index (χ2v) is 4.41. The van der Waals surface area contributed by atoms with E-state index in [4.69, 9.17) is 0 Å². The first-order valence-electron chi connectivity index (χ1n) is 6.20. The largest absolute Gasteiger partial charge is 0.465 e. The number of amides is 2. The van der Waals surface area contributed by atoms with E-state index < -0.39 is 23.7 Å². The van der Waals surface area contributed by atoms with Crippen LogP contribution in [0.15, 0.2) is 18.2 Å². The number of ether oxygens (including phenoxy) is 1. The van der Waals surface area contributed by atoms with Gasteiger partial charge in [-0.1, -0.05) is 0 Å². The van der Waals surface area contributed by atoms with Crippen LogP contribution in [-0.4, -0.2) is 44.0 Å². The van der Waals surface area contributed by atoms with E-state index >= 15 is 0 Å². The summed E-state index contributed by atoms with van der Waals surface area (Å²) in [6.45, 7) is 0.138. The van der Waals surface area contributed by atoms with Crippen molar-refractivity contribution in [3.8, 4) is 0 Å². The average Bonchev–Trinajstić information content (AvgIpc) is 2.47. The fourth-order valence-electron chi connectivity index (χ4n) is 1.88. The molecule has 0 bridgehead atoms. The highest BCUT2D eigenvalue weighted by Gasteiger charge is 2.25. The molecule has 0 saturated carbocycles. The topological polar surface area (TPSA) is 96.5 Å². The fourth-order valence-corrected chi connectivity index (χ4v) is 1.88. The van der Waals surface area contributed by atoms with E-state index in [0.29, 0.717) is 0 Å². The molecule has 1 aliphatic rings. The van der Waals surface area contributed by atoms with Crippen LogP contribution in [0.1, 0.15) is 10.4 Å². The lowest BCUT2D eigenvalue weighted by atomic mass is 10.1. The first-order valence-corrected chi connectivity index (χ1v) is 6.20. The van der Waals surface area contributed by atoms with Gasteiger partial charge in [0, 0.05) is 6.54 Å². The van der Waals surface area contributed by atoms with E-state index in [1.165, 1.54) is 13.2 Å². The van der Waals surface area contributed by atoms with Crippen molar-refractivity contribution in [3.05, 3.63) is 29.6 Å². The molecule has 21 heavy (non-hydrogen) atoms. The van der Waals surface area contributed by atoms with Gasteiger partial charge in [0.05, 0.1) is 24.9 Å². The molecule has 0 radical (unpaired) electrons. The molecule has 1 atom stereocenters. The summed E-state index contributed by atoms with van der Waals surface area (Å²) < 4.78 is 17.9. The number of carbonyl (C=O) groups excluding carboxylic acids is 3. The summed E-state index contributed by atoms with van der Waals surface area (Å²) in [5, 5.41) is 7.72. The van der Waals surface area contributed by atoms with Gasteiger partial charge in [-0.3, -0.25) is 14.9 Å². The number of piperazine rings is 1. The highest BCUT2D eigenvalue weighted by atomic mass is 19.1. The van der Waals surface area contributed by atoms with Gasteiger partial charge in [-0.2, -0.15) is 0 Å². The van der Waals surface area contributed by atoms with Gasteiger partial charge in [-0.05, 0) is 18.2 Å². The maximum atomic E-state index is 13.3. The molecular weight excluding hydrogens is 281 g/mol. The molecule has 112 valence electrons. The Bertz CT molecular complexity index is 581. The number of anilines is 1. The number of benzene rings is 1. The van der Waals surface area contributed by atoms with E-state index in [0.717, 1.165) is 12.1 Å². The first-order chi connectivity index (χ1) is 10.0. The van der Waals surface area contributed by atoms with E-state index in [1.807, 2.05) is 0 Å².